The van der Waals surface area contributed by atoms with Crippen molar-refractivity contribution >= 4 is 17.7 Å². The minimum absolute atomic E-state index is 0.0240. The molecular formula is C18H23N3O3. The lowest BCUT2D eigenvalue weighted by Crippen LogP contribution is -2.56. The number of carbonyl (C=O) groups excluding carboxylic acids is 3. The zero-order valence-electron chi connectivity index (χ0n) is 13.7. The predicted molar refractivity (Wildman–Crippen MR) is 88.6 cm³/mol. The third-order valence-electron chi connectivity index (χ3n) is 4.59. The molecule has 0 bridgehead atoms. The molecule has 3 amide bonds. The fraction of sp³-hybridized carbons (Fsp3) is 0.500. The van der Waals surface area contributed by atoms with Gasteiger partial charge in [0.15, 0.2) is 0 Å². The van der Waals surface area contributed by atoms with Gasteiger partial charge in [-0.15, -0.1) is 0 Å². The fourth-order valence-electron chi connectivity index (χ4n) is 3.26. The number of fused-ring (bicyclic) bond motifs is 1. The molecule has 2 aliphatic rings. The number of nitrogens with zero attached hydrogens (tertiary/aromatic N) is 2. The highest BCUT2D eigenvalue weighted by atomic mass is 16.2. The number of hydrazine groups is 1. The van der Waals surface area contributed by atoms with Crippen LogP contribution in [-0.4, -0.2) is 46.9 Å². The van der Waals surface area contributed by atoms with Crippen LogP contribution in [0.2, 0.25) is 0 Å². The summed E-state index contributed by atoms with van der Waals surface area (Å²) in [5.41, 5.74) is 1.09. The van der Waals surface area contributed by atoms with Gasteiger partial charge in [-0.05, 0) is 31.2 Å². The van der Waals surface area contributed by atoms with Gasteiger partial charge >= 0.3 is 0 Å². The molecule has 2 fully saturated rings. The maximum Gasteiger partial charge on any atom is 0.263 e. The van der Waals surface area contributed by atoms with E-state index in [0.29, 0.717) is 38.8 Å². The highest BCUT2D eigenvalue weighted by Crippen LogP contribution is 2.19. The lowest BCUT2D eigenvalue weighted by atomic mass is 10.1. The third kappa shape index (κ3) is 3.75. The molecular weight excluding hydrogens is 306 g/mol. The Morgan fingerprint density at radius 3 is 2.54 bits per heavy atom. The number of amides is 3. The highest BCUT2D eigenvalue weighted by molar-refractivity contribution is 5.91. The van der Waals surface area contributed by atoms with E-state index >= 15 is 0 Å². The Morgan fingerprint density at radius 1 is 1.08 bits per heavy atom. The van der Waals surface area contributed by atoms with Crippen molar-refractivity contribution in [2.45, 2.75) is 44.6 Å². The van der Waals surface area contributed by atoms with E-state index in [9.17, 15) is 14.4 Å². The van der Waals surface area contributed by atoms with Gasteiger partial charge in [0.05, 0.1) is 0 Å². The summed E-state index contributed by atoms with van der Waals surface area (Å²) in [7, 11) is 0. The first-order valence-electron chi connectivity index (χ1n) is 8.60. The normalized spacial score (nSPS) is 21.2. The second kappa shape index (κ2) is 7.47. The van der Waals surface area contributed by atoms with E-state index in [-0.39, 0.29) is 17.7 Å². The minimum Gasteiger partial charge on any atom is -0.344 e. The summed E-state index contributed by atoms with van der Waals surface area (Å²) in [6, 6.07) is 9.19. The Balaban J connectivity index is 1.58. The van der Waals surface area contributed by atoms with E-state index in [1.54, 1.807) is 5.01 Å². The van der Waals surface area contributed by atoms with Gasteiger partial charge in [0.1, 0.15) is 6.04 Å². The van der Waals surface area contributed by atoms with Crippen LogP contribution >= 0.6 is 0 Å². The Hall–Kier alpha value is -2.37. The molecule has 24 heavy (non-hydrogen) atoms. The molecule has 6 heteroatoms. The molecule has 0 aromatic heterocycles. The standard InChI is InChI=1S/C18H23N3O3/c22-16(10-8-14-6-2-1-3-7-14)19-15-9-11-17(23)20-12-4-5-13-21(20)18(15)24/h1-3,6-7,15H,4-5,8-13H2,(H,19,22). The SMILES string of the molecule is O=C(CCc1ccccc1)NC1CCC(=O)N2CCCCN2C1=O. The Labute approximate surface area is 141 Å². The van der Waals surface area contributed by atoms with Crippen molar-refractivity contribution in [1.82, 2.24) is 15.3 Å². The molecule has 1 N–H and O–H groups in total. The van der Waals surface area contributed by atoms with Crippen LogP contribution in [-0.2, 0) is 20.8 Å². The van der Waals surface area contributed by atoms with Gasteiger partial charge in [-0.25, -0.2) is 5.01 Å². The number of aryl methyl sites for hydroxylation is 1. The second-order valence-corrected chi connectivity index (χ2v) is 6.33. The van der Waals surface area contributed by atoms with Crippen molar-refractivity contribution in [2.75, 3.05) is 13.1 Å². The van der Waals surface area contributed by atoms with E-state index in [1.165, 1.54) is 5.01 Å². The van der Waals surface area contributed by atoms with E-state index in [1.807, 2.05) is 30.3 Å². The zero-order chi connectivity index (χ0) is 16.9. The zero-order valence-corrected chi connectivity index (χ0v) is 13.7. The van der Waals surface area contributed by atoms with Crippen LogP contribution in [0.15, 0.2) is 30.3 Å². The molecule has 1 unspecified atom stereocenters. The molecule has 2 aliphatic heterocycles. The fourth-order valence-corrected chi connectivity index (χ4v) is 3.26. The number of nitrogens with one attached hydrogen (secondary N) is 1. The van der Waals surface area contributed by atoms with Crippen LogP contribution in [0, 0.1) is 0 Å². The third-order valence-corrected chi connectivity index (χ3v) is 4.59. The summed E-state index contributed by atoms with van der Waals surface area (Å²) in [5.74, 6) is -0.326. The molecule has 0 radical (unpaired) electrons. The molecule has 128 valence electrons. The topological polar surface area (TPSA) is 69.7 Å². The first kappa shape index (κ1) is 16.5. The summed E-state index contributed by atoms with van der Waals surface area (Å²) in [6.45, 7) is 1.15. The quantitative estimate of drug-likeness (QED) is 0.904. The van der Waals surface area contributed by atoms with Crippen LogP contribution in [0.4, 0.5) is 0 Å². The lowest BCUT2D eigenvalue weighted by molar-refractivity contribution is -0.166. The maximum atomic E-state index is 12.7. The molecule has 0 aliphatic carbocycles. The summed E-state index contributed by atoms with van der Waals surface area (Å²) in [4.78, 5) is 37.0. The van der Waals surface area contributed by atoms with E-state index in [2.05, 4.69) is 5.32 Å². The minimum atomic E-state index is -0.597. The van der Waals surface area contributed by atoms with Gasteiger partial charge in [-0.3, -0.25) is 19.4 Å². The van der Waals surface area contributed by atoms with Crippen molar-refractivity contribution in [2.24, 2.45) is 0 Å². The van der Waals surface area contributed by atoms with Crippen molar-refractivity contribution in [3.8, 4) is 0 Å². The monoisotopic (exact) mass is 329 g/mol. The summed E-state index contributed by atoms with van der Waals surface area (Å²) in [5, 5.41) is 5.91. The van der Waals surface area contributed by atoms with Crippen molar-refractivity contribution in [3.63, 3.8) is 0 Å². The first-order valence-corrected chi connectivity index (χ1v) is 8.60. The number of carbonyl (C=O) groups is 3. The number of rotatable bonds is 4. The van der Waals surface area contributed by atoms with Gasteiger partial charge < -0.3 is 5.32 Å². The largest absolute Gasteiger partial charge is 0.344 e. The molecule has 1 aromatic rings. The smallest absolute Gasteiger partial charge is 0.263 e. The molecule has 2 saturated heterocycles. The van der Waals surface area contributed by atoms with Crippen molar-refractivity contribution in [1.29, 1.82) is 0 Å². The van der Waals surface area contributed by atoms with Crippen molar-refractivity contribution in [3.05, 3.63) is 35.9 Å². The molecule has 1 atom stereocenters. The van der Waals surface area contributed by atoms with Gasteiger partial charge in [-0.1, -0.05) is 30.3 Å². The van der Waals surface area contributed by atoms with Crippen LogP contribution < -0.4 is 5.32 Å². The maximum absolute atomic E-state index is 12.7. The predicted octanol–water partition coefficient (Wildman–Crippen LogP) is 1.26. The number of benzene rings is 1. The molecule has 0 spiro atoms. The lowest BCUT2D eigenvalue weighted by Gasteiger charge is -2.37. The van der Waals surface area contributed by atoms with Crippen LogP contribution in [0.25, 0.3) is 0 Å². The van der Waals surface area contributed by atoms with E-state index in [4.69, 9.17) is 0 Å². The van der Waals surface area contributed by atoms with E-state index < -0.39 is 6.04 Å². The van der Waals surface area contributed by atoms with Gasteiger partial charge in [0.25, 0.3) is 5.91 Å². The van der Waals surface area contributed by atoms with Crippen LogP contribution in [0.5, 0.6) is 0 Å². The number of hydrogen-bond acceptors (Lipinski definition) is 3. The first-order chi connectivity index (χ1) is 11.6. The van der Waals surface area contributed by atoms with E-state index in [0.717, 1.165) is 18.4 Å². The summed E-state index contributed by atoms with van der Waals surface area (Å²) >= 11 is 0. The van der Waals surface area contributed by atoms with Crippen molar-refractivity contribution < 1.29 is 14.4 Å². The molecule has 2 heterocycles. The van der Waals surface area contributed by atoms with Crippen LogP contribution in [0.1, 0.15) is 37.7 Å². The van der Waals surface area contributed by atoms with Crippen LogP contribution in [0.3, 0.4) is 0 Å². The average Bonchev–Trinajstić information content (AvgIpc) is 2.73. The Bertz CT molecular complexity index is 617. The molecule has 3 rings (SSSR count). The Morgan fingerprint density at radius 2 is 1.79 bits per heavy atom. The molecule has 6 nitrogen and oxygen atoms in total. The second-order valence-electron chi connectivity index (χ2n) is 6.33. The molecule has 0 saturated carbocycles. The van der Waals surface area contributed by atoms with Gasteiger partial charge in [0, 0.05) is 25.9 Å². The molecule has 1 aromatic carbocycles. The summed E-state index contributed by atoms with van der Waals surface area (Å²) < 4.78 is 0. The highest BCUT2D eigenvalue weighted by Gasteiger charge is 2.37. The Kier molecular flexibility index (Phi) is 5.13. The number of hydrogen-bond donors (Lipinski definition) is 1. The van der Waals surface area contributed by atoms with Gasteiger partial charge in [0.2, 0.25) is 11.8 Å². The van der Waals surface area contributed by atoms with Gasteiger partial charge in [-0.2, -0.15) is 0 Å². The summed E-state index contributed by atoms with van der Waals surface area (Å²) in [6.07, 6.45) is 3.47. The average molecular weight is 329 g/mol.